The Kier molecular flexibility index (Phi) is 6.40. The van der Waals surface area contributed by atoms with Crippen molar-refractivity contribution in [3.63, 3.8) is 0 Å². The Morgan fingerprint density at radius 2 is 1.77 bits per heavy atom. The summed E-state index contributed by atoms with van der Waals surface area (Å²) < 4.78 is 33.6. The van der Waals surface area contributed by atoms with Crippen molar-refractivity contribution < 1.29 is 22.9 Å². The van der Waals surface area contributed by atoms with Crippen molar-refractivity contribution in [2.45, 2.75) is 20.4 Å². The number of nitrogens with zero attached hydrogens (tertiary/aromatic N) is 4. The molecule has 0 saturated carbocycles. The summed E-state index contributed by atoms with van der Waals surface area (Å²) in [7, 11) is 0. The lowest BCUT2D eigenvalue weighted by atomic mass is 10.2. The summed E-state index contributed by atoms with van der Waals surface area (Å²) in [6, 6.07) is 3.11. The van der Waals surface area contributed by atoms with Gasteiger partial charge in [-0.25, -0.2) is 8.78 Å². The van der Waals surface area contributed by atoms with E-state index in [0.29, 0.717) is 10.7 Å². The molecule has 0 unspecified atom stereocenters. The van der Waals surface area contributed by atoms with Crippen LogP contribution in [0, 0.1) is 25.5 Å². The Hall–Kier alpha value is -3.34. The highest BCUT2D eigenvalue weighted by molar-refractivity contribution is 6.31. The molecule has 0 saturated heterocycles. The van der Waals surface area contributed by atoms with Gasteiger partial charge < -0.3 is 15.2 Å². The van der Waals surface area contributed by atoms with Crippen LogP contribution in [-0.2, 0) is 6.54 Å². The van der Waals surface area contributed by atoms with Crippen LogP contribution in [0.1, 0.15) is 38.3 Å². The fourth-order valence-electron chi connectivity index (χ4n) is 2.60. The van der Waals surface area contributed by atoms with E-state index >= 15 is 0 Å². The van der Waals surface area contributed by atoms with E-state index in [1.54, 1.807) is 18.5 Å². The van der Waals surface area contributed by atoms with Gasteiger partial charge in [-0.1, -0.05) is 22.8 Å². The fraction of sp³-hybridized carbons (Fsp3) is 0.278. The molecule has 0 atom stereocenters. The van der Waals surface area contributed by atoms with Gasteiger partial charge in [-0.05, 0) is 26.0 Å². The van der Waals surface area contributed by atoms with E-state index in [1.165, 1.54) is 0 Å². The summed E-state index contributed by atoms with van der Waals surface area (Å²) >= 11 is 6.09. The first-order chi connectivity index (χ1) is 14.3. The molecule has 0 fully saturated rings. The molecule has 1 aromatic carbocycles. The Morgan fingerprint density at radius 3 is 2.37 bits per heavy atom. The van der Waals surface area contributed by atoms with Crippen LogP contribution >= 0.6 is 11.6 Å². The number of amides is 2. The number of halogens is 3. The van der Waals surface area contributed by atoms with Crippen LogP contribution in [0.3, 0.4) is 0 Å². The first-order valence-corrected chi connectivity index (χ1v) is 9.18. The summed E-state index contributed by atoms with van der Waals surface area (Å²) in [5.74, 6) is -3.58. The average molecular weight is 439 g/mol. The molecule has 12 heteroatoms. The van der Waals surface area contributed by atoms with Crippen LogP contribution < -0.4 is 10.6 Å². The number of carbonyl (C=O) groups is 2. The summed E-state index contributed by atoms with van der Waals surface area (Å²) in [5.41, 5.74) is 0.703. The van der Waals surface area contributed by atoms with Crippen LogP contribution in [0.4, 0.5) is 8.78 Å². The van der Waals surface area contributed by atoms with Crippen molar-refractivity contribution in [3.8, 4) is 0 Å². The molecule has 0 bridgehead atoms. The maximum Gasteiger partial charge on any atom is 0.316 e. The van der Waals surface area contributed by atoms with Gasteiger partial charge >= 0.3 is 11.8 Å². The van der Waals surface area contributed by atoms with E-state index in [-0.39, 0.29) is 31.3 Å². The molecule has 158 valence electrons. The van der Waals surface area contributed by atoms with Crippen LogP contribution in [0.2, 0.25) is 5.02 Å². The largest absolute Gasteiger partial charge is 0.350 e. The second kappa shape index (κ2) is 8.99. The van der Waals surface area contributed by atoms with Gasteiger partial charge in [-0.15, -0.1) is 0 Å². The predicted molar refractivity (Wildman–Crippen MR) is 101 cm³/mol. The van der Waals surface area contributed by atoms with Crippen LogP contribution in [0.5, 0.6) is 0 Å². The van der Waals surface area contributed by atoms with Gasteiger partial charge in [0.25, 0.3) is 5.91 Å². The molecule has 3 rings (SSSR count). The highest BCUT2D eigenvalue weighted by Crippen LogP contribution is 2.19. The minimum Gasteiger partial charge on any atom is -0.350 e. The van der Waals surface area contributed by atoms with E-state index in [9.17, 15) is 18.4 Å². The molecule has 0 aliphatic rings. The first-order valence-electron chi connectivity index (χ1n) is 8.80. The quantitative estimate of drug-likeness (QED) is 0.545. The third-order valence-electron chi connectivity index (χ3n) is 4.13. The summed E-state index contributed by atoms with van der Waals surface area (Å²) in [5, 5.41) is 13.3. The minimum absolute atomic E-state index is 0.0224. The summed E-state index contributed by atoms with van der Waals surface area (Å²) in [4.78, 5) is 27.9. The lowest BCUT2D eigenvalue weighted by Gasteiger charge is -2.07. The van der Waals surface area contributed by atoms with Crippen LogP contribution in [-0.4, -0.2) is 44.8 Å². The van der Waals surface area contributed by atoms with Crippen molar-refractivity contribution in [2.24, 2.45) is 0 Å². The van der Waals surface area contributed by atoms with Gasteiger partial charge in [0.05, 0.1) is 16.4 Å². The van der Waals surface area contributed by atoms with Gasteiger partial charge in [0.15, 0.2) is 5.82 Å². The smallest absolute Gasteiger partial charge is 0.316 e. The molecule has 0 aliphatic heterocycles. The molecule has 30 heavy (non-hydrogen) atoms. The highest BCUT2D eigenvalue weighted by Gasteiger charge is 2.18. The van der Waals surface area contributed by atoms with Crippen molar-refractivity contribution in [1.82, 2.24) is 30.6 Å². The topological polar surface area (TPSA) is 115 Å². The van der Waals surface area contributed by atoms with E-state index in [4.69, 9.17) is 16.1 Å². The lowest BCUT2D eigenvalue weighted by Crippen LogP contribution is -2.35. The molecular formula is C18H17ClF2N6O3. The zero-order valence-electron chi connectivity index (χ0n) is 16.0. The van der Waals surface area contributed by atoms with Gasteiger partial charge in [-0.2, -0.15) is 10.1 Å². The van der Waals surface area contributed by atoms with Crippen molar-refractivity contribution in [1.29, 1.82) is 0 Å². The minimum atomic E-state index is -0.973. The van der Waals surface area contributed by atoms with Gasteiger partial charge in [0.2, 0.25) is 0 Å². The standard InChI is InChI=1S/C18H17ClF2N6O3/c1-9-15(19)10(2)27(25-9)8-13-24-18(30-26-13)17(29)23-7-6-22-16(28)14-11(20)4-3-5-12(14)21/h3-5H,6-8H2,1-2H3,(H,22,28)(H,23,29). The maximum atomic E-state index is 13.6. The molecule has 3 aromatic rings. The number of carbonyl (C=O) groups excluding carboxylic acids is 2. The van der Waals surface area contributed by atoms with Crippen molar-refractivity contribution in [3.05, 3.63) is 63.5 Å². The molecule has 2 aromatic heterocycles. The fourth-order valence-corrected chi connectivity index (χ4v) is 2.74. The summed E-state index contributed by atoms with van der Waals surface area (Å²) in [6.07, 6.45) is 0. The Labute approximate surface area is 174 Å². The Morgan fingerprint density at radius 1 is 1.13 bits per heavy atom. The number of nitrogens with one attached hydrogen (secondary N) is 2. The number of hydrogen-bond donors (Lipinski definition) is 2. The average Bonchev–Trinajstić information content (AvgIpc) is 3.26. The van der Waals surface area contributed by atoms with E-state index in [0.717, 1.165) is 23.9 Å². The zero-order chi connectivity index (χ0) is 21.8. The van der Waals surface area contributed by atoms with E-state index < -0.39 is 29.0 Å². The number of rotatable bonds is 7. The molecule has 0 radical (unpaired) electrons. The number of aryl methyl sites for hydroxylation is 1. The second-order valence-corrected chi connectivity index (χ2v) is 6.64. The number of hydrogen-bond acceptors (Lipinski definition) is 6. The van der Waals surface area contributed by atoms with Crippen molar-refractivity contribution >= 4 is 23.4 Å². The molecule has 2 amide bonds. The zero-order valence-corrected chi connectivity index (χ0v) is 16.8. The summed E-state index contributed by atoms with van der Waals surface area (Å²) in [6.45, 7) is 3.63. The third kappa shape index (κ3) is 4.62. The highest BCUT2D eigenvalue weighted by atomic mass is 35.5. The van der Waals surface area contributed by atoms with Gasteiger partial charge in [-0.3, -0.25) is 14.3 Å². The van der Waals surface area contributed by atoms with Crippen LogP contribution in [0.25, 0.3) is 0 Å². The SMILES string of the molecule is Cc1nn(Cc2noc(C(=O)NCCNC(=O)c3c(F)cccc3F)n2)c(C)c1Cl. The monoisotopic (exact) mass is 438 g/mol. The normalized spacial score (nSPS) is 10.8. The third-order valence-corrected chi connectivity index (χ3v) is 4.68. The Balaban J connectivity index is 1.50. The number of benzene rings is 1. The van der Waals surface area contributed by atoms with Crippen LogP contribution in [0.15, 0.2) is 22.7 Å². The number of aromatic nitrogens is 4. The van der Waals surface area contributed by atoms with Gasteiger partial charge in [0.1, 0.15) is 23.7 Å². The predicted octanol–water partition coefficient (Wildman–Crippen LogP) is 2.02. The van der Waals surface area contributed by atoms with Gasteiger partial charge in [0, 0.05) is 13.1 Å². The van der Waals surface area contributed by atoms with E-state index in [2.05, 4.69) is 25.9 Å². The Bertz CT molecular complexity index is 1080. The molecule has 2 heterocycles. The lowest BCUT2D eigenvalue weighted by molar-refractivity contribution is 0.0896. The first kappa shape index (κ1) is 21.4. The molecule has 2 N–H and O–H groups in total. The maximum absolute atomic E-state index is 13.6. The molecule has 0 spiro atoms. The van der Waals surface area contributed by atoms with Crippen molar-refractivity contribution in [2.75, 3.05) is 13.1 Å². The molecular weight excluding hydrogens is 422 g/mol. The molecule has 9 nitrogen and oxygen atoms in total. The van der Waals surface area contributed by atoms with E-state index in [1.807, 2.05) is 0 Å². The molecule has 0 aliphatic carbocycles. The second-order valence-electron chi connectivity index (χ2n) is 6.27.